The Balaban J connectivity index is 1.28. The maximum Gasteiger partial charge on any atom is 0.412 e. The van der Waals surface area contributed by atoms with Crippen molar-refractivity contribution in [1.29, 1.82) is 0 Å². The number of likely N-dealkylation sites (tertiary alicyclic amines) is 3. The van der Waals surface area contributed by atoms with Crippen LogP contribution in [0, 0.1) is 5.41 Å². The first-order chi connectivity index (χ1) is 18.9. The predicted octanol–water partition coefficient (Wildman–Crippen LogP) is 4.50. The van der Waals surface area contributed by atoms with E-state index in [1.54, 1.807) is 33.0 Å². The quantitative estimate of drug-likeness (QED) is 0.540. The third-order valence-corrected chi connectivity index (χ3v) is 9.15. The number of nitrogens with one attached hydrogen (secondary N) is 1. The predicted molar refractivity (Wildman–Crippen MR) is 153 cm³/mol. The number of aromatic nitrogens is 1. The van der Waals surface area contributed by atoms with E-state index >= 15 is 0 Å². The molecule has 3 fully saturated rings. The largest absolute Gasteiger partial charge is 0.444 e. The van der Waals surface area contributed by atoms with Crippen molar-refractivity contribution in [3.8, 4) is 0 Å². The molecule has 1 atom stereocenters. The van der Waals surface area contributed by atoms with Crippen molar-refractivity contribution in [2.45, 2.75) is 84.4 Å². The van der Waals surface area contributed by atoms with Gasteiger partial charge in [0.1, 0.15) is 15.4 Å². The molecule has 4 amide bonds. The molecule has 0 aliphatic carbocycles. The van der Waals surface area contributed by atoms with Crippen molar-refractivity contribution >= 4 is 50.4 Å². The number of carbonyl (C=O) groups is 4. The lowest BCUT2D eigenvalue weighted by Crippen LogP contribution is -2.54. The molecule has 3 saturated heterocycles. The molecule has 1 N–H and O–H groups in total. The van der Waals surface area contributed by atoms with Crippen molar-refractivity contribution in [3.63, 3.8) is 0 Å². The van der Waals surface area contributed by atoms with E-state index in [1.807, 2.05) is 24.8 Å². The highest BCUT2D eigenvalue weighted by Gasteiger charge is 2.54. The summed E-state index contributed by atoms with van der Waals surface area (Å²) in [7, 11) is 0. The molecule has 3 aliphatic rings. The maximum absolute atomic E-state index is 13.8. The molecule has 2 aromatic heterocycles. The molecule has 1 unspecified atom stereocenters. The van der Waals surface area contributed by atoms with Crippen LogP contribution in [-0.4, -0.2) is 87.4 Å². The van der Waals surface area contributed by atoms with E-state index in [1.165, 1.54) is 16.2 Å². The minimum Gasteiger partial charge on any atom is -0.444 e. The molecule has 216 valence electrons. The van der Waals surface area contributed by atoms with Gasteiger partial charge in [0.05, 0.1) is 11.0 Å². The van der Waals surface area contributed by atoms with Crippen LogP contribution < -0.4 is 5.32 Å². The highest BCUT2D eigenvalue weighted by molar-refractivity contribution is 7.23. The van der Waals surface area contributed by atoms with E-state index in [0.717, 1.165) is 32.2 Å². The molecule has 5 heterocycles. The Bertz CT molecular complexity index is 1330. The van der Waals surface area contributed by atoms with E-state index in [2.05, 4.69) is 15.2 Å². The average Bonchev–Trinajstić information content (AvgIpc) is 3.35. The van der Waals surface area contributed by atoms with Crippen molar-refractivity contribution in [3.05, 3.63) is 23.9 Å². The summed E-state index contributed by atoms with van der Waals surface area (Å²) in [4.78, 5) is 63.1. The summed E-state index contributed by atoms with van der Waals surface area (Å²) in [6.45, 7) is 11.8. The fourth-order valence-corrected chi connectivity index (χ4v) is 7.38. The molecule has 0 radical (unpaired) electrons. The van der Waals surface area contributed by atoms with Crippen LogP contribution in [0.15, 0.2) is 18.3 Å². The number of pyridine rings is 1. The van der Waals surface area contributed by atoms with E-state index in [-0.39, 0.29) is 29.8 Å². The number of hydrogen-bond donors (Lipinski definition) is 1. The van der Waals surface area contributed by atoms with Gasteiger partial charge in [-0.1, -0.05) is 11.3 Å². The number of fused-ring (bicyclic) bond motifs is 1. The second-order valence-corrected chi connectivity index (χ2v) is 13.5. The number of nitrogens with zero attached hydrogens (tertiary/aromatic N) is 4. The van der Waals surface area contributed by atoms with Crippen LogP contribution in [0.3, 0.4) is 0 Å². The summed E-state index contributed by atoms with van der Waals surface area (Å²) < 4.78 is 5.43. The summed E-state index contributed by atoms with van der Waals surface area (Å²) in [6, 6.07) is 3.77. The lowest BCUT2D eigenvalue weighted by atomic mass is 9.77. The number of imide groups is 1. The van der Waals surface area contributed by atoms with Crippen molar-refractivity contribution < 1.29 is 23.9 Å². The minimum absolute atomic E-state index is 0.0206. The minimum atomic E-state index is -0.665. The smallest absolute Gasteiger partial charge is 0.412 e. The fourth-order valence-electron chi connectivity index (χ4n) is 6.36. The Morgan fingerprint density at radius 2 is 1.90 bits per heavy atom. The zero-order chi connectivity index (χ0) is 28.8. The second kappa shape index (κ2) is 10.7. The molecule has 0 saturated carbocycles. The molecule has 1 spiro atoms. The van der Waals surface area contributed by atoms with Gasteiger partial charge in [-0.25, -0.2) is 9.78 Å². The fraction of sp³-hybridized carbons (Fsp3) is 0.621. The summed E-state index contributed by atoms with van der Waals surface area (Å²) >= 11 is 1.26. The number of ether oxygens (including phenoxy) is 1. The van der Waals surface area contributed by atoms with Gasteiger partial charge >= 0.3 is 6.09 Å². The molecule has 0 aromatic carbocycles. The zero-order valence-corrected chi connectivity index (χ0v) is 24.8. The summed E-state index contributed by atoms with van der Waals surface area (Å²) in [5.41, 5.74) is -0.836. The highest BCUT2D eigenvalue weighted by Crippen LogP contribution is 2.43. The van der Waals surface area contributed by atoms with E-state index in [4.69, 9.17) is 4.74 Å². The summed E-state index contributed by atoms with van der Waals surface area (Å²) in [5.74, 6) is -0.216. The van der Waals surface area contributed by atoms with Gasteiger partial charge in [0.25, 0.3) is 5.91 Å². The number of hydrogen-bond acceptors (Lipinski definition) is 8. The van der Waals surface area contributed by atoms with Crippen LogP contribution in [-0.2, 0) is 14.3 Å². The van der Waals surface area contributed by atoms with Crippen molar-refractivity contribution in [2.75, 3.05) is 31.5 Å². The number of amides is 4. The number of rotatable bonds is 4. The van der Waals surface area contributed by atoms with Crippen LogP contribution in [0.25, 0.3) is 10.2 Å². The standard InChI is InChI=1S/C29H39N5O5S/c1-18(2)34-21(35)16-29(26(34)37)11-7-13-33(17-29)19-9-14-32(15-10-19)25(36)22-20-8-6-12-30-23(20)40-24(22)31-27(38)39-28(3,4)5/h6,8,12,18-19H,7,9-11,13-17H2,1-5H3,(H,31,38). The molecular formula is C29H39N5O5S. The normalized spacial score (nSPS) is 23.1. The molecule has 10 nitrogen and oxygen atoms in total. The topological polar surface area (TPSA) is 112 Å². The van der Waals surface area contributed by atoms with Crippen LogP contribution >= 0.6 is 11.3 Å². The van der Waals surface area contributed by atoms with Gasteiger partial charge in [0, 0.05) is 49.7 Å². The lowest BCUT2D eigenvalue weighted by Gasteiger charge is -2.45. The lowest BCUT2D eigenvalue weighted by molar-refractivity contribution is -0.145. The molecule has 0 bridgehead atoms. The van der Waals surface area contributed by atoms with Crippen LogP contribution in [0.5, 0.6) is 0 Å². The number of piperidine rings is 2. The van der Waals surface area contributed by atoms with Gasteiger partial charge in [0.15, 0.2) is 0 Å². The Kier molecular flexibility index (Phi) is 7.64. The summed E-state index contributed by atoms with van der Waals surface area (Å²) in [5, 5.41) is 3.93. The zero-order valence-electron chi connectivity index (χ0n) is 24.0. The average molecular weight is 570 g/mol. The maximum atomic E-state index is 13.8. The van der Waals surface area contributed by atoms with Gasteiger partial charge in [0.2, 0.25) is 11.8 Å². The monoisotopic (exact) mass is 569 g/mol. The van der Waals surface area contributed by atoms with E-state index < -0.39 is 17.1 Å². The van der Waals surface area contributed by atoms with Gasteiger partial charge in [-0.3, -0.25) is 29.5 Å². The highest BCUT2D eigenvalue weighted by atomic mass is 32.1. The first kappa shape index (κ1) is 28.5. The SMILES string of the molecule is CC(C)N1C(=O)CC2(CCCN(C3CCN(C(=O)c4c(NC(=O)OC(C)(C)C)sc5ncccc45)CC3)C2)C1=O. The summed E-state index contributed by atoms with van der Waals surface area (Å²) in [6.07, 6.45) is 4.56. The first-order valence-corrected chi connectivity index (χ1v) is 15.0. The third kappa shape index (κ3) is 5.45. The molecule has 5 rings (SSSR count). The Morgan fingerprint density at radius 3 is 2.55 bits per heavy atom. The van der Waals surface area contributed by atoms with E-state index in [9.17, 15) is 19.2 Å². The van der Waals surface area contributed by atoms with Gasteiger partial charge in [-0.2, -0.15) is 0 Å². The molecule has 3 aliphatic heterocycles. The van der Waals surface area contributed by atoms with Crippen LogP contribution in [0.1, 0.15) is 77.1 Å². The second-order valence-electron chi connectivity index (χ2n) is 12.5. The van der Waals surface area contributed by atoms with Gasteiger partial charge < -0.3 is 9.64 Å². The Labute approximate surface area is 239 Å². The Hall–Kier alpha value is -3.05. The molecular weight excluding hydrogens is 530 g/mol. The van der Waals surface area contributed by atoms with Gasteiger partial charge in [-0.05, 0) is 79.0 Å². The van der Waals surface area contributed by atoms with Gasteiger partial charge in [-0.15, -0.1) is 0 Å². The number of anilines is 1. The van der Waals surface area contributed by atoms with E-state index in [0.29, 0.717) is 46.8 Å². The number of thiophene rings is 1. The first-order valence-electron chi connectivity index (χ1n) is 14.2. The molecule has 40 heavy (non-hydrogen) atoms. The molecule has 2 aromatic rings. The van der Waals surface area contributed by atoms with Crippen LogP contribution in [0.4, 0.5) is 9.80 Å². The Morgan fingerprint density at radius 1 is 1.18 bits per heavy atom. The number of carbonyl (C=O) groups excluding carboxylic acids is 4. The van der Waals surface area contributed by atoms with Crippen molar-refractivity contribution in [1.82, 2.24) is 19.7 Å². The van der Waals surface area contributed by atoms with Crippen molar-refractivity contribution in [2.24, 2.45) is 5.41 Å². The molecule has 11 heteroatoms. The van der Waals surface area contributed by atoms with Crippen LogP contribution in [0.2, 0.25) is 0 Å². The third-order valence-electron chi connectivity index (χ3n) is 8.12.